The summed E-state index contributed by atoms with van der Waals surface area (Å²) in [5, 5.41) is 5.77. The van der Waals surface area contributed by atoms with E-state index in [1.54, 1.807) is 67.3 Å². The summed E-state index contributed by atoms with van der Waals surface area (Å²) >= 11 is 0. The number of aromatic nitrogens is 4. The number of ether oxygens (including phenoxy) is 1. The average molecular weight is 543 g/mol. The van der Waals surface area contributed by atoms with E-state index < -0.39 is 17.6 Å². The molecule has 0 aliphatic heterocycles. The Labute approximate surface area is 227 Å². The Morgan fingerprint density at radius 2 is 1.77 bits per heavy atom. The topological polar surface area (TPSA) is 102 Å². The van der Waals surface area contributed by atoms with Gasteiger partial charge >= 0.3 is 6.18 Å². The molecule has 5 rings (SSSR count). The first-order valence-electron chi connectivity index (χ1n) is 12.0. The van der Waals surface area contributed by atoms with E-state index >= 15 is 0 Å². The van der Waals surface area contributed by atoms with E-state index in [0.29, 0.717) is 34.6 Å². The van der Waals surface area contributed by atoms with Crippen LogP contribution in [0.1, 0.15) is 21.5 Å². The third-order valence-electron chi connectivity index (χ3n) is 5.74. The van der Waals surface area contributed by atoms with Crippen LogP contribution >= 0.6 is 0 Å². The average Bonchev–Trinajstić information content (AvgIpc) is 2.95. The van der Waals surface area contributed by atoms with Crippen molar-refractivity contribution in [2.24, 2.45) is 0 Å². The van der Waals surface area contributed by atoms with Crippen molar-refractivity contribution >= 4 is 23.2 Å². The van der Waals surface area contributed by atoms with Gasteiger partial charge in [0, 0.05) is 47.2 Å². The maximum atomic E-state index is 13.0. The van der Waals surface area contributed by atoms with Crippen LogP contribution in [0.15, 0.2) is 97.6 Å². The number of carbonyl (C=O) groups excluding carboxylic acids is 1. The number of nitrogens with zero attached hydrogens (tertiary/aromatic N) is 4. The van der Waals surface area contributed by atoms with Crippen molar-refractivity contribution in [1.29, 1.82) is 0 Å². The molecule has 11 heteroatoms. The Hall–Kier alpha value is -5.32. The van der Waals surface area contributed by atoms with Crippen molar-refractivity contribution in [1.82, 2.24) is 19.9 Å². The number of hydrogen-bond acceptors (Lipinski definition) is 7. The summed E-state index contributed by atoms with van der Waals surface area (Å²) in [5.74, 6) is 0.615. The quantitative estimate of drug-likeness (QED) is 0.227. The summed E-state index contributed by atoms with van der Waals surface area (Å²) < 4.78 is 44.8. The molecular formula is C29H21F3N6O2. The standard InChI is InChI=1S/C29H21F3N6O2/c1-18-7-9-22(36-27(39)19-4-2-5-21(14-19)29(30,31)32)15-25(18)38-28-34-13-11-24(37-28)20-8-10-26(35-16-20)40-23-6-3-12-33-17-23/h2-17H,1H3,(H,36,39)(H,34,37,38). The highest BCUT2D eigenvalue weighted by molar-refractivity contribution is 6.04. The van der Waals surface area contributed by atoms with Gasteiger partial charge in [0.1, 0.15) is 5.75 Å². The van der Waals surface area contributed by atoms with Crippen LogP contribution in [0.3, 0.4) is 0 Å². The first kappa shape index (κ1) is 26.3. The van der Waals surface area contributed by atoms with Crippen molar-refractivity contribution in [3.63, 3.8) is 0 Å². The summed E-state index contributed by atoms with van der Waals surface area (Å²) in [6.45, 7) is 1.86. The second-order valence-electron chi connectivity index (χ2n) is 8.63. The van der Waals surface area contributed by atoms with Gasteiger partial charge in [-0.3, -0.25) is 9.78 Å². The number of aryl methyl sites for hydroxylation is 1. The van der Waals surface area contributed by atoms with Crippen molar-refractivity contribution in [3.05, 3.63) is 114 Å². The number of amides is 1. The fraction of sp³-hybridized carbons (Fsp3) is 0.0690. The molecule has 2 aromatic carbocycles. The molecule has 0 spiro atoms. The fourth-order valence-electron chi connectivity index (χ4n) is 3.69. The van der Waals surface area contributed by atoms with Crippen molar-refractivity contribution in [3.8, 4) is 22.9 Å². The number of pyridine rings is 2. The smallest absolute Gasteiger partial charge is 0.416 e. The fourth-order valence-corrected chi connectivity index (χ4v) is 3.69. The van der Waals surface area contributed by atoms with Crippen LogP contribution in [0.25, 0.3) is 11.3 Å². The molecule has 3 heterocycles. The normalized spacial score (nSPS) is 11.1. The third kappa shape index (κ3) is 6.38. The van der Waals surface area contributed by atoms with Crippen LogP contribution < -0.4 is 15.4 Å². The molecule has 0 saturated carbocycles. The minimum atomic E-state index is -4.54. The molecule has 40 heavy (non-hydrogen) atoms. The van der Waals surface area contributed by atoms with Gasteiger partial charge in [-0.2, -0.15) is 13.2 Å². The number of halogens is 3. The van der Waals surface area contributed by atoms with E-state index in [4.69, 9.17) is 4.74 Å². The molecule has 0 saturated heterocycles. The van der Waals surface area contributed by atoms with Crippen LogP contribution in [-0.2, 0) is 6.18 Å². The maximum Gasteiger partial charge on any atom is 0.416 e. The molecule has 200 valence electrons. The zero-order valence-corrected chi connectivity index (χ0v) is 21.0. The lowest BCUT2D eigenvalue weighted by Crippen LogP contribution is -2.14. The van der Waals surface area contributed by atoms with Crippen molar-refractivity contribution in [2.75, 3.05) is 10.6 Å². The first-order chi connectivity index (χ1) is 19.2. The largest absolute Gasteiger partial charge is 0.437 e. The number of alkyl halides is 3. The lowest BCUT2D eigenvalue weighted by atomic mass is 10.1. The van der Waals surface area contributed by atoms with Gasteiger partial charge in [-0.25, -0.2) is 15.0 Å². The molecule has 0 aliphatic carbocycles. The molecule has 0 fully saturated rings. The van der Waals surface area contributed by atoms with Crippen LogP contribution in [0, 0.1) is 6.92 Å². The second-order valence-corrected chi connectivity index (χ2v) is 8.63. The van der Waals surface area contributed by atoms with Gasteiger partial charge in [0.2, 0.25) is 11.8 Å². The zero-order valence-electron chi connectivity index (χ0n) is 21.0. The van der Waals surface area contributed by atoms with Gasteiger partial charge in [-0.05, 0) is 67.1 Å². The summed E-state index contributed by atoms with van der Waals surface area (Å²) in [5.41, 5.74) is 2.19. The minimum absolute atomic E-state index is 0.105. The molecule has 0 bridgehead atoms. The minimum Gasteiger partial charge on any atom is -0.437 e. The first-order valence-corrected chi connectivity index (χ1v) is 12.0. The van der Waals surface area contributed by atoms with Crippen molar-refractivity contribution in [2.45, 2.75) is 13.1 Å². The molecule has 5 aromatic rings. The molecule has 0 aliphatic rings. The Morgan fingerprint density at radius 3 is 2.52 bits per heavy atom. The van der Waals surface area contributed by atoms with Gasteiger partial charge in [0.15, 0.2) is 0 Å². The van der Waals surface area contributed by atoms with Gasteiger partial charge in [-0.1, -0.05) is 12.1 Å². The van der Waals surface area contributed by atoms with E-state index in [9.17, 15) is 18.0 Å². The number of carbonyl (C=O) groups is 1. The highest BCUT2D eigenvalue weighted by Crippen LogP contribution is 2.30. The summed E-state index contributed by atoms with van der Waals surface area (Å²) in [4.78, 5) is 29.8. The number of hydrogen-bond donors (Lipinski definition) is 2. The predicted octanol–water partition coefficient (Wildman–Crippen LogP) is 7.05. The highest BCUT2D eigenvalue weighted by atomic mass is 19.4. The Morgan fingerprint density at radius 1 is 0.900 bits per heavy atom. The molecule has 1 amide bonds. The van der Waals surface area contributed by atoms with Crippen LogP contribution in [0.4, 0.5) is 30.5 Å². The number of anilines is 3. The Bertz CT molecular complexity index is 1640. The Balaban J connectivity index is 1.30. The van der Waals surface area contributed by atoms with Gasteiger partial charge in [0.05, 0.1) is 17.5 Å². The van der Waals surface area contributed by atoms with Crippen LogP contribution in [-0.4, -0.2) is 25.8 Å². The lowest BCUT2D eigenvalue weighted by Gasteiger charge is -2.13. The number of benzene rings is 2. The molecular weight excluding hydrogens is 521 g/mol. The van der Waals surface area contributed by atoms with Crippen molar-refractivity contribution < 1.29 is 22.7 Å². The third-order valence-corrected chi connectivity index (χ3v) is 5.74. The SMILES string of the molecule is Cc1ccc(NC(=O)c2cccc(C(F)(F)F)c2)cc1Nc1nccc(-c2ccc(Oc3cccnc3)nc2)n1. The van der Waals surface area contributed by atoms with Gasteiger partial charge in [-0.15, -0.1) is 0 Å². The second kappa shape index (κ2) is 11.2. The van der Waals surface area contributed by atoms with Crippen LogP contribution in [0.2, 0.25) is 0 Å². The maximum absolute atomic E-state index is 13.0. The predicted molar refractivity (Wildman–Crippen MR) is 143 cm³/mol. The molecule has 0 radical (unpaired) electrons. The molecule has 8 nitrogen and oxygen atoms in total. The van der Waals surface area contributed by atoms with E-state index in [2.05, 4.69) is 30.6 Å². The summed E-state index contributed by atoms with van der Waals surface area (Å²) in [6, 6.07) is 18.1. The highest BCUT2D eigenvalue weighted by Gasteiger charge is 2.30. The lowest BCUT2D eigenvalue weighted by molar-refractivity contribution is -0.137. The number of rotatable bonds is 7. The monoisotopic (exact) mass is 542 g/mol. The summed E-state index contributed by atoms with van der Waals surface area (Å²) in [6.07, 6.45) is 1.92. The van der Waals surface area contributed by atoms with Crippen LogP contribution in [0.5, 0.6) is 11.6 Å². The van der Waals surface area contributed by atoms with E-state index in [0.717, 1.165) is 23.3 Å². The van der Waals surface area contributed by atoms with E-state index in [-0.39, 0.29) is 5.56 Å². The van der Waals surface area contributed by atoms with E-state index in [1.165, 1.54) is 12.1 Å². The van der Waals surface area contributed by atoms with Gasteiger partial charge < -0.3 is 15.4 Å². The van der Waals surface area contributed by atoms with E-state index in [1.807, 2.05) is 13.0 Å². The van der Waals surface area contributed by atoms with Gasteiger partial charge in [0.25, 0.3) is 5.91 Å². The molecule has 0 atom stereocenters. The summed E-state index contributed by atoms with van der Waals surface area (Å²) in [7, 11) is 0. The number of nitrogens with one attached hydrogen (secondary N) is 2. The Kier molecular flexibility index (Phi) is 7.36. The molecule has 2 N–H and O–H groups in total. The molecule has 3 aromatic heterocycles. The zero-order chi connectivity index (χ0) is 28.1. The molecule has 0 unspecified atom stereocenters.